The van der Waals surface area contributed by atoms with Crippen molar-refractivity contribution in [2.75, 3.05) is 7.11 Å². The van der Waals surface area contributed by atoms with Crippen LogP contribution in [0.2, 0.25) is 10.0 Å². The zero-order chi connectivity index (χ0) is 10.9. The smallest absolute Gasteiger partial charge is 0.341 e. The zero-order valence-electron chi connectivity index (χ0n) is 7.04. The number of hydrogen-bond donors (Lipinski definition) is 2. The van der Waals surface area contributed by atoms with Crippen LogP contribution >= 0.6 is 23.2 Å². The Morgan fingerprint density at radius 1 is 1.36 bits per heavy atom. The maximum atomic E-state index is 11.1. The second-order valence-corrected chi connectivity index (χ2v) is 3.19. The molecule has 0 bridgehead atoms. The molecule has 0 saturated heterocycles. The summed E-state index contributed by atoms with van der Waals surface area (Å²) in [5.41, 5.74) is -0.194. The summed E-state index contributed by atoms with van der Waals surface area (Å²) in [5, 5.41) is 18.0. The SMILES string of the molecule is COC(=O)c1cc(Cl)c(O)c(Cl)c1O. The van der Waals surface area contributed by atoms with Crippen LogP contribution in [0.25, 0.3) is 0 Å². The van der Waals surface area contributed by atoms with E-state index in [0.29, 0.717) is 0 Å². The van der Waals surface area contributed by atoms with Crippen molar-refractivity contribution < 1.29 is 19.7 Å². The zero-order valence-corrected chi connectivity index (χ0v) is 8.56. The van der Waals surface area contributed by atoms with Crippen molar-refractivity contribution in [1.82, 2.24) is 0 Å². The van der Waals surface area contributed by atoms with Crippen LogP contribution in [-0.2, 0) is 4.74 Å². The Morgan fingerprint density at radius 3 is 2.43 bits per heavy atom. The van der Waals surface area contributed by atoms with Gasteiger partial charge in [0, 0.05) is 0 Å². The van der Waals surface area contributed by atoms with E-state index in [2.05, 4.69) is 4.74 Å². The molecule has 0 aliphatic rings. The molecule has 4 nitrogen and oxygen atoms in total. The van der Waals surface area contributed by atoms with Crippen LogP contribution in [0.4, 0.5) is 0 Å². The van der Waals surface area contributed by atoms with Gasteiger partial charge >= 0.3 is 5.97 Å². The summed E-state index contributed by atoms with van der Waals surface area (Å²) in [6, 6.07) is 1.07. The van der Waals surface area contributed by atoms with Gasteiger partial charge in [0.2, 0.25) is 0 Å². The second-order valence-electron chi connectivity index (χ2n) is 2.41. The summed E-state index contributed by atoms with van der Waals surface area (Å²) in [6.45, 7) is 0. The lowest BCUT2D eigenvalue weighted by atomic mass is 10.2. The van der Waals surface area contributed by atoms with Crippen LogP contribution < -0.4 is 0 Å². The lowest BCUT2D eigenvalue weighted by Gasteiger charge is -2.07. The molecule has 0 atom stereocenters. The fraction of sp³-hybridized carbons (Fsp3) is 0.125. The Hall–Kier alpha value is -1.13. The number of benzene rings is 1. The highest BCUT2D eigenvalue weighted by molar-refractivity contribution is 6.38. The molecule has 2 N–H and O–H groups in total. The second kappa shape index (κ2) is 3.94. The molecule has 0 unspecified atom stereocenters. The van der Waals surface area contributed by atoms with Gasteiger partial charge in [0.05, 0.1) is 12.1 Å². The fourth-order valence-electron chi connectivity index (χ4n) is 0.864. The number of aromatic hydroxyl groups is 2. The first kappa shape index (κ1) is 10.9. The third-order valence-electron chi connectivity index (χ3n) is 1.57. The number of phenols is 2. The Morgan fingerprint density at radius 2 is 1.93 bits per heavy atom. The first-order chi connectivity index (χ1) is 6.49. The highest BCUT2D eigenvalue weighted by Crippen LogP contribution is 2.40. The average molecular weight is 237 g/mol. The third-order valence-corrected chi connectivity index (χ3v) is 2.22. The van der Waals surface area contributed by atoms with Crippen LogP contribution in [0.3, 0.4) is 0 Å². The summed E-state index contributed by atoms with van der Waals surface area (Å²) in [4.78, 5) is 11.1. The molecule has 0 amide bonds. The Kier molecular flexibility index (Phi) is 3.08. The molecular formula is C8H6Cl2O4. The topological polar surface area (TPSA) is 66.8 Å². The number of halogens is 2. The maximum absolute atomic E-state index is 11.1. The molecule has 0 aliphatic carbocycles. The molecule has 0 heterocycles. The van der Waals surface area contributed by atoms with Crippen molar-refractivity contribution in [2.24, 2.45) is 0 Å². The molecule has 0 spiro atoms. The molecule has 6 heteroatoms. The molecule has 0 aromatic heterocycles. The van der Waals surface area contributed by atoms with Crippen molar-refractivity contribution in [3.05, 3.63) is 21.7 Å². The largest absolute Gasteiger partial charge is 0.505 e. The van der Waals surface area contributed by atoms with Crippen molar-refractivity contribution in [1.29, 1.82) is 0 Å². The van der Waals surface area contributed by atoms with Gasteiger partial charge in [-0.1, -0.05) is 23.2 Å². The van der Waals surface area contributed by atoms with E-state index >= 15 is 0 Å². The standard InChI is InChI=1S/C8H6Cl2O4/c1-14-8(13)3-2-4(9)7(12)5(10)6(3)11/h2,11-12H,1H3. The molecule has 0 aliphatic heterocycles. The first-order valence-corrected chi connectivity index (χ1v) is 4.22. The Bertz CT molecular complexity index is 389. The normalized spacial score (nSPS) is 9.93. The van der Waals surface area contributed by atoms with Gasteiger partial charge in [-0.25, -0.2) is 4.79 Å². The van der Waals surface area contributed by atoms with Crippen LogP contribution in [0.1, 0.15) is 10.4 Å². The van der Waals surface area contributed by atoms with Crippen molar-refractivity contribution in [2.45, 2.75) is 0 Å². The van der Waals surface area contributed by atoms with E-state index in [1.54, 1.807) is 0 Å². The number of ether oxygens (including phenoxy) is 1. The van der Waals surface area contributed by atoms with E-state index in [-0.39, 0.29) is 15.6 Å². The summed E-state index contributed by atoms with van der Waals surface area (Å²) < 4.78 is 4.37. The van der Waals surface area contributed by atoms with E-state index in [4.69, 9.17) is 23.2 Å². The number of carbonyl (C=O) groups is 1. The van der Waals surface area contributed by atoms with Gasteiger partial charge in [0.1, 0.15) is 10.6 Å². The van der Waals surface area contributed by atoms with Gasteiger partial charge < -0.3 is 14.9 Å². The minimum atomic E-state index is -0.786. The fourth-order valence-corrected chi connectivity index (χ4v) is 1.32. The average Bonchev–Trinajstić information content (AvgIpc) is 2.19. The van der Waals surface area contributed by atoms with Crippen molar-refractivity contribution >= 4 is 29.2 Å². The summed E-state index contributed by atoms with van der Waals surface area (Å²) in [7, 11) is 1.15. The van der Waals surface area contributed by atoms with E-state index in [1.807, 2.05) is 0 Å². The van der Waals surface area contributed by atoms with Gasteiger partial charge in [-0.15, -0.1) is 0 Å². The molecule has 76 valence electrons. The highest BCUT2D eigenvalue weighted by atomic mass is 35.5. The summed E-state index contributed by atoms with van der Waals surface area (Å²) in [5.74, 6) is -1.81. The Labute approximate surface area is 89.6 Å². The maximum Gasteiger partial charge on any atom is 0.341 e. The van der Waals surface area contributed by atoms with E-state index < -0.39 is 17.5 Å². The van der Waals surface area contributed by atoms with Gasteiger partial charge in [-0.2, -0.15) is 0 Å². The highest BCUT2D eigenvalue weighted by Gasteiger charge is 2.19. The number of phenolic OH excluding ortho intramolecular Hbond substituents is 2. The molecule has 0 radical (unpaired) electrons. The molecule has 1 rings (SSSR count). The van der Waals surface area contributed by atoms with Gasteiger partial charge in [-0.3, -0.25) is 0 Å². The van der Waals surface area contributed by atoms with Gasteiger partial charge in [0.15, 0.2) is 11.5 Å². The number of carbonyl (C=O) groups excluding carboxylic acids is 1. The molecule has 1 aromatic carbocycles. The minimum absolute atomic E-state index is 0.131. The molecule has 0 fully saturated rings. The molecule has 14 heavy (non-hydrogen) atoms. The number of rotatable bonds is 1. The predicted octanol–water partition coefficient (Wildman–Crippen LogP) is 2.19. The number of hydrogen-bond acceptors (Lipinski definition) is 4. The summed E-state index contributed by atoms with van der Waals surface area (Å²) >= 11 is 11.0. The molecule has 1 aromatic rings. The van der Waals surface area contributed by atoms with E-state index in [0.717, 1.165) is 13.2 Å². The van der Waals surface area contributed by atoms with Crippen LogP contribution in [0, 0.1) is 0 Å². The van der Waals surface area contributed by atoms with E-state index in [9.17, 15) is 15.0 Å². The van der Waals surface area contributed by atoms with Gasteiger partial charge in [-0.05, 0) is 6.07 Å². The van der Waals surface area contributed by atoms with Crippen LogP contribution in [0.5, 0.6) is 11.5 Å². The minimum Gasteiger partial charge on any atom is -0.505 e. The van der Waals surface area contributed by atoms with Crippen molar-refractivity contribution in [3.63, 3.8) is 0 Å². The van der Waals surface area contributed by atoms with Crippen LogP contribution in [0.15, 0.2) is 6.07 Å². The van der Waals surface area contributed by atoms with Crippen molar-refractivity contribution in [3.8, 4) is 11.5 Å². The number of esters is 1. The quantitative estimate of drug-likeness (QED) is 0.734. The number of methoxy groups -OCH3 is 1. The lowest BCUT2D eigenvalue weighted by molar-refractivity contribution is 0.0597. The van der Waals surface area contributed by atoms with Crippen LogP contribution in [-0.4, -0.2) is 23.3 Å². The predicted molar refractivity (Wildman–Crippen MR) is 51.1 cm³/mol. The lowest BCUT2D eigenvalue weighted by Crippen LogP contribution is -2.01. The Balaban J connectivity index is 3.40. The first-order valence-electron chi connectivity index (χ1n) is 3.47. The monoisotopic (exact) mass is 236 g/mol. The molecular weight excluding hydrogens is 231 g/mol. The third kappa shape index (κ3) is 1.71. The summed E-state index contributed by atoms with van der Waals surface area (Å²) in [6.07, 6.45) is 0. The van der Waals surface area contributed by atoms with Gasteiger partial charge in [0.25, 0.3) is 0 Å². The molecule has 0 saturated carbocycles. The van der Waals surface area contributed by atoms with E-state index in [1.165, 1.54) is 0 Å².